The standard InChI is InChI=1S/C17H22N2O2/c1-21-14-9-5-4-8-13(14)15-18-17(10-11-17)16(20)19(15)12-6-2-3-7-12/h4-5,8-9,12,15,18H,2-3,6-7,10-11H2,1H3. The third-order valence-electron chi connectivity index (χ3n) is 5.24. The van der Waals surface area contributed by atoms with Crippen LogP contribution in [0.3, 0.4) is 0 Å². The highest BCUT2D eigenvalue weighted by molar-refractivity contribution is 5.92. The second-order valence-corrected chi connectivity index (χ2v) is 6.52. The fraction of sp³-hybridized carbons (Fsp3) is 0.588. The molecular formula is C17H22N2O2. The molecule has 4 rings (SSSR count). The molecule has 1 N–H and O–H groups in total. The lowest BCUT2D eigenvalue weighted by molar-refractivity contribution is -0.133. The molecule has 4 nitrogen and oxygen atoms in total. The average molecular weight is 286 g/mol. The van der Waals surface area contributed by atoms with Crippen molar-refractivity contribution in [3.05, 3.63) is 29.8 Å². The minimum Gasteiger partial charge on any atom is -0.496 e. The summed E-state index contributed by atoms with van der Waals surface area (Å²) in [5.41, 5.74) is 0.817. The number of nitrogens with zero attached hydrogens (tertiary/aromatic N) is 1. The largest absolute Gasteiger partial charge is 0.496 e. The number of nitrogens with one attached hydrogen (secondary N) is 1. The Hall–Kier alpha value is -1.55. The molecule has 4 heteroatoms. The van der Waals surface area contributed by atoms with Crippen molar-refractivity contribution in [2.45, 2.75) is 56.3 Å². The number of carbonyl (C=O) groups excluding carboxylic acids is 1. The molecule has 1 saturated heterocycles. The first-order chi connectivity index (χ1) is 10.2. The number of ether oxygens (including phenoxy) is 1. The van der Waals surface area contributed by atoms with Crippen LogP contribution in [-0.2, 0) is 4.79 Å². The van der Waals surface area contributed by atoms with Crippen LogP contribution >= 0.6 is 0 Å². The Kier molecular flexibility index (Phi) is 2.96. The molecule has 3 aliphatic rings. The van der Waals surface area contributed by atoms with Gasteiger partial charge in [0.2, 0.25) is 5.91 Å². The van der Waals surface area contributed by atoms with Gasteiger partial charge in [-0.2, -0.15) is 0 Å². The molecule has 0 radical (unpaired) electrons. The van der Waals surface area contributed by atoms with Crippen molar-refractivity contribution in [3.63, 3.8) is 0 Å². The summed E-state index contributed by atoms with van der Waals surface area (Å²) in [5.74, 6) is 1.17. The fourth-order valence-corrected chi connectivity index (χ4v) is 3.92. The van der Waals surface area contributed by atoms with Gasteiger partial charge in [0.05, 0.1) is 7.11 Å². The first-order valence-corrected chi connectivity index (χ1v) is 7.98. The van der Waals surface area contributed by atoms with Crippen LogP contribution in [0.4, 0.5) is 0 Å². The molecule has 0 aromatic heterocycles. The van der Waals surface area contributed by atoms with Crippen LogP contribution in [0.1, 0.15) is 50.3 Å². The Labute approximate surface area is 125 Å². The van der Waals surface area contributed by atoms with Crippen molar-refractivity contribution in [1.29, 1.82) is 0 Å². The van der Waals surface area contributed by atoms with Gasteiger partial charge in [-0.25, -0.2) is 0 Å². The normalized spacial score (nSPS) is 27.6. The summed E-state index contributed by atoms with van der Waals surface area (Å²) in [5, 5.41) is 3.61. The van der Waals surface area contributed by atoms with E-state index in [1.807, 2.05) is 18.2 Å². The van der Waals surface area contributed by atoms with E-state index < -0.39 is 0 Å². The van der Waals surface area contributed by atoms with Crippen LogP contribution < -0.4 is 10.1 Å². The molecule has 1 spiro atoms. The maximum atomic E-state index is 12.9. The number of amides is 1. The van der Waals surface area contributed by atoms with E-state index in [9.17, 15) is 4.79 Å². The molecule has 1 unspecified atom stereocenters. The predicted molar refractivity (Wildman–Crippen MR) is 79.9 cm³/mol. The first-order valence-electron chi connectivity index (χ1n) is 7.98. The lowest BCUT2D eigenvalue weighted by Crippen LogP contribution is -2.39. The smallest absolute Gasteiger partial charge is 0.244 e. The van der Waals surface area contributed by atoms with E-state index >= 15 is 0 Å². The highest BCUT2D eigenvalue weighted by Gasteiger charge is 2.60. The zero-order chi connectivity index (χ0) is 14.4. The number of hydrogen-bond donors (Lipinski definition) is 1. The lowest BCUT2D eigenvalue weighted by atomic mass is 10.1. The van der Waals surface area contributed by atoms with Gasteiger partial charge < -0.3 is 9.64 Å². The van der Waals surface area contributed by atoms with Crippen molar-refractivity contribution < 1.29 is 9.53 Å². The van der Waals surface area contributed by atoms with Crippen molar-refractivity contribution >= 4 is 5.91 Å². The van der Waals surface area contributed by atoms with Gasteiger partial charge in [-0.05, 0) is 31.7 Å². The van der Waals surface area contributed by atoms with Crippen LogP contribution in [0, 0.1) is 0 Å². The topological polar surface area (TPSA) is 41.6 Å². The molecule has 21 heavy (non-hydrogen) atoms. The van der Waals surface area contributed by atoms with Gasteiger partial charge in [-0.15, -0.1) is 0 Å². The Balaban J connectivity index is 1.73. The van der Waals surface area contributed by atoms with E-state index in [4.69, 9.17) is 4.74 Å². The first kappa shape index (κ1) is 13.1. The molecule has 1 amide bonds. The molecule has 1 aliphatic heterocycles. The highest BCUT2D eigenvalue weighted by Crippen LogP contribution is 2.49. The Morgan fingerprint density at radius 1 is 1.24 bits per heavy atom. The highest BCUT2D eigenvalue weighted by atomic mass is 16.5. The fourth-order valence-electron chi connectivity index (χ4n) is 3.92. The number of rotatable bonds is 3. The summed E-state index contributed by atoms with van der Waals surface area (Å²) >= 11 is 0. The van der Waals surface area contributed by atoms with Crippen LogP contribution in [0.2, 0.25) is 0 Å². The van der Waals surface area contributed by atoms with Gasteiger partial charge in [0.25, 0.3) is 0 Å². The van der Waals surface area contributed by atoms with E-state index in [0.717, 1.165) is 37.0 Å². The molecule has 112 valence electrons. The third-order valence-corrected chi connectivity index (χ3v) is 5.24. The molecule has 1 atom stereocenters. The quantitative estimate of drug-likeness (QED) is 0.928. The van der Waals surface area contributed by atoms with E-state index in [1.54, 1.807) is 7.11 Å². The molecule has 3 fully saturated rings. The predicted octanol–water partition coefficient (Wildman–Crippen LogP) is 2.60. The molecule has 2 aliphatic carbocycles. The van der Waals surface area contributed by atoms with Gasteiger partial charge in [0.1, 0.15) is 17.5 Å². The number of hydrogen-bond acceptors (Lipinski definition) is 3. The summed E-state index contributed by atoms with van der Waals surface area (Å²) in [4.78, 5) is 15.0. The van der Waals surface area contributed by atoms with Crippen molar-refractivity contribution in [1.82, 2.24) is 10.2 Å². The second kappa shape index (κ2) is 4.73. The molecule has 2 saturated carbocycles. The zero-order valence-electron chi connectivity index (χ0n) is 12.5. The minimum absolute atomic E-state index is 0.0285. The minimum atomic E-state index is -0.270. The van der Waals surface area contributed by atoms with E-state index in [-0.39, 0.29) is 11.7 Å². The van der Waals surface area contributed by atoms with E-state index in [1.165, 1.54) is 12.8 Å². The van der Waals surface area contributed by atoms with Crippen LogP contribution in [0.25, 0.3) is 0 Å². The maximum Gasteiger partial charge on any atom is 0.244 e. The van der Waals surface area contributed by atoms with Crippen molar-refractivity contribution in [2.75, 3.05) is 7.11 Å². The number of methoxy groups -OCH3 is 1. The van der Waals surface area contributed by atoms with Gasteiger partial charge in [-0.3, -0.25) is 10.1 Å². The summed E-state index contributed by atoms with van der Waals surface area (Å²) in [6, 6.07) is 8.44. The van der Waals surface area contributed by atoms with Gasteiger partial charge in [0, 0.05) is 11.6 Å². The van der Waals surface area contributed by atoms with Gasteiger partial charge >= 0.3 is 0 Å². The second-order valence-electron chi connectivity index (χ2n) is 6.52. The Bertz CT molecular complexity index is 562. The van der Waals surface area contributed by atoms with Crippen molar-refractivity contribution in [2.24, 2.45) is 0 Å². The molecule has 1 heterocycles. The SMILES string of the molecule is COc1ccccc1C1NC2(CC2)C(=O)N1C1CCCC1. The molecular weight excluding hydrogens is 264 g/mol. The molecule has 1 aromatic rings. The van der Waals surface area contributed by atoms with Gasteiger partial charge in [-0.1, -0.05) is 31.0 Å². The average Bonchev–Trinajstić information content (AvgIpc) is 2.98. The van der Waals surface area contributed by atoms with E-state index in [2.05, 4.69) is 16.3 Å². The number of carbonyl (C=O) groups is 1. The Morgan fingerprint density at radius 3 is 2.62 bits per heavy atom. The summed E-state index contributed by atoms with van der Waals surface area (Å²) < 4.78 is 5.51. The molecule has 0 bridgehead atoms. The van der Waals surface area contributed by atoms with E-state index in [0.29, 0.717) is 11.9 Å². The van der Waals surface area contributed by atoms with Crippen molar-refractivity contribution in [3.8, 4) is 5.75 Å². The summed E-state index contributed by atoms with van der Waals surface area (Å²) in [7, 11) is 1.70. The third kappa shape index (κ3) is 1.96. The summed E-state index contributed by atoms with van der Waals surface area (Å²) in [6.45, 7) is 0. The van der Waals surface area contributed by atoms with Crippen LogP contribution in [0.15, 0.2) is 24.3 Å². The monoisotopic (exact) mass is 286 g/mol. The number of benzene rings is 1. The van der Waals surface area contributed by atoms with Crippen LogP contribution in [-0.4, -0.2) is 29.5 Å². The Morgan fingerprint density at radius 2 is 1.95 bits per heavy atom. The molecule has 1 aromatic carbocycles. The summed E-state index contributed by atoms with van der Waals surface area (Å²) in [6.07, 6.45) is 6.66. The zero-order valence-corrected chi connectivity index (χ0v) is 12.5. The lowest BCUT2D eigenvalue weighted by Gasteiger charge is -2.31. The van der Waals surface area contributed by atoms with Gasteiger partial charge in [0.15, 0.2) is 0 Å². The maximum absolute atomic E-state index is 12.9. The number of para-hydroxylation sites is 1. The van der Waals surface area contributed by atoms with Crippen LogP contribution in [0.5, 0.6) is 5.75 Å².